The SMILES string of the molecule is COc1ccc(OCc2noc(CN3CCC[C@@H]3c3ccc4c(c3)OCCO4)n2)cc1. The molecule has 0 unspecified atom stereocenters. The molecule has 0 amide bonds. The van der Waals surface area contributed by atoms with Crippen LogP contribution in [0.3, 0.4) is 0 Å². The van der Waals surface area contributed by atoms with Crippen molar-refractivity contribution in [3.63, 3.8) is 0 Å². The summed E-state index contributed by atoms with van der Waals surface area (Å²) in [5.74, 6) is 4.28. The number of rotatable bonds is 7. The van der Waals surface area contributed by atoms with Crippen molar-refractivity contribution in [3.8, 4) is 23.0 Å². The van der Waals surface area contributed by atoms with Gasteiger partial charge in [-0.05, 0) is 61.3 Å². The number of aromatic nitrogens is 2. The van der Waals surface area contributed by atoms with Crippen LogP contribution in [0.2, 0.25) is 0 Å². The van der Waals surface area contributed by atoms with Crippen LogP contribution in [0.4, 0.5) is 0 Å². The molecule has 5 rings (SSSR count). The Morgan fingerprint density at radius 2 is 1.84 bits per heavy atom. The summed E-state index contributed by atoms with van der Waals surface area (Å²) in [6.45, 7) is 3.03. The zero-order valence-electron chi connectivity index (χ0n) is 17.5. The quantitative estimate of drug-likeness (QED) is 0.568. The summed E-state index contributed by atoms with van der Waals surface area (Å²) < 4.78 is 27.8. The number of nitrogens with zero attached hydrogens (tertiary/aromatic N) is 3. The Hall–Kier alpha value is -3.26. The van der Waals surface area contributed by atoms with Gasteiger partial charge in [-0.25, -0.2) is 0 Å². The van der Waals surface area contributed by atoms with E-state index in [9.17, 15) is 0 Å². The Labute approximate surface area is 180 Å². The van der Waals surface area contributed by atoms with Crippen molar-refractivity contribution in [1.82, 2.24) is 15.0 Å². The molecule has 0 spiro atoms. The largest absolute Gasteiger partial charge is 0.497 e. The van der Waals surface area contributed by atoms with Gasteiger partial charge in [-0.2, -0.15) is 4.98 Å². The second kappa shape index (κ2) is 8.85. The Kier molecular flexibility index (Phi) is 5.62. The highest BCUT2D eigenvalue weighted by Gasteiger charge is 2.28. The minimum atomic E-state index is 0.251. The highest BCUT2D eigenvalue weighted by Crippen LogP contribution is 2.38. The first-order valence-electron chi connectivity index (χ1n) is 10.5. The average Bonchev–Trinajstić information content (AvgIpc) is 3.47. The van der Waals surface area contributed by atoms with E-state index >= 15 is 0 Å². The van der Waals surface area contributed by atoms with E-state index in [2.05, 4.69) is 27.2 Å². The molecule has 1 saturated heterocycles. The van der Waals surface area contributed by atoms with Gasteiger partial charge in [0, 0.05) is 6.04 Å². The number of hydrogen-bond acceptors (Lipinski definition) is 8. The first-order valence-corrected chi connectivity index (χ1v) is 10.5. The van der Waals surface area contributed by atoms with Crippen LogP contribution in [0, 0.1) is 0 Å². The summed E-state index contributed by atoms with van der Waals surface area (Å²) in [5.41, 5.74) is 1.23. The maximum absolute atomic E-state index is 5.75. The number of methoxy groups -OCH3 is 1. The normalized spacial score (nSPS) is 18.2. The fourth-order valence-corrected chi connectivity index (χ4v) is 4.07. The zero-order chi connectivity index (χ0) is 21.0. The van der Waals surface area contributed by atoms with Gasteiger partial charge in [0.2, 0.25) is 11.7 Å². The smallest absolute Gasteiger partial charge is 0.240 e. The Bertz CT molecular complexity index is 1020. The van der Waals surface area contributed by atoms with Crippen LogP contribution >= 0.6 is 0 Å². The molecule has 0 radical (unpaired) electrons. The number of benzene rings is 2. The molecular weight excluding hydrogens is 398 g/mol. The first-order chi connectivity index (χ1) is 15.3. The van der Waals surface area contributed by atoms with Crippen molar-refractivity contribution in [2.45, 2.75) is 32.0 Å². The lowest BCUT2D eigenvalue weighted by atomic mass is 10.0. The van der Waals surface area contributed by atoms with Gasteiger partial charge in [0.15, 0.2) is 18.1 Å². The molecular formula is C23H25N3O5. The minimum absolute atomic E-state index is 0.251. The van der Waals surface area contributed by atoms with E-state index in [4.69, 9.17) is 23.5 Å². The number of likely N-dealkylation sites (tertiary alicyclic amines) is 1. The second-order valence-corrected chi connectivity index (χ2v) is 7.60. The van der Waals surface area contributed by atoms with Crippen LogP contribution in [0.15, 0.2) is 47.0 Å². The van der Waals surface area contributed by atoms with E-state index in [0.29, 0.717) is 37.5 Å². The molecule has 162 valence electrons. The molecule has 1 atom stereocenters. The summed E-state index contributed by atoms with van der Waals surface area (Å²) in [4.78, 5) is 6.88. The first kappa shape index (κ1) is 19.7. The van der Waals surface area contributed by atoms with Gasteiger partial charge in [0.1, 0.15) is 24.7 Å². The molecule has 2 aliphatic rings. The molecule has 1 aromatic heterocycles. The molecule has 1 fully saturated rings. The molecule has 0 aliphatic carbocycles. The van der Waals surface area contributed by atoms with Gasteiger partial charge in [-0.3, -0.25) is 4.90 Å². The van der Waals surface area contributed by atoms with Crippen LogP contribution in [0.5, 0.6) is 23.0 Å². The van der Waals surface area contributed by atoms with Crippen molar-refractivity contribution in [3.05, 3.63) is 59.7 Å². The predicted octanol–water partition coefficient (Wildman–Crippen LogP) is 3.77. The number of fused-ring (bicyclic) bond motifs is 1. The zero-order valence-corrected chi connectivity index (χ0v) is 17.5. The summed E-state index contributed by atoms with van der Waals surface area (Å²) >= 11 is 0. The van der Waals surface area contributed by atoms with Crippen LogP contribution in [0.25, 0.3) is 0 Å². The monoisotopic (exact) mass is 423 g/mol. The van der Waals surface area contributed by atoms with Crippen molar-refractivity contribution in [2.75, 3.05) is 26.9 Å². The topological polar surface area (TPSA) is 79.1 Å². The lowest BCUT2D eigenvalue weighted by Crippen LogP contribution is -2.23. The summed E-state index contributed by atoms with van der Waals surface area (Å²) in [7, 11) is 1.63. The van der Waals surface area contributed by atoms with Crippen molar-refractivity contribution in [1.29, 1.82) is 0 Å². The van der Waals surface area contributed by atoms with Gasteiger partial charge in [0.05, 0.1) is 13.7 Å². The second-order valence-electron chi connectivity index (χ2n) is 7.60. The molecule has 2 aromatic carbocycles. The standard InChI is InChI=1S/C23H25N3O5/c1-27-17-5-7-18(8-6-17)30-15-22-24-23(31-25-22)14-26-10-2-3-19(26)16-4-9-20-21(13-16)29-12-11-28-20/h4-9,13,19H,2-3,10-12,14-15H2,1H3/t19-/m1/s1. The third kappa shape index (κ3) is 4.44. The maximum Gasteiger partial charge on any atom is 0.240 e. The predicted molar refractivity (Wildman–Crippen MR) is 111 cm³/mol. The van der Waals surface area contributed by atoms with E-state index in [0.717, 1.165) is 42.4 Å². The van der Waals surface area contributed by atoms with Crippen LogP contribution in [-0.2, 0) is 13.2 Å². The highest BCUT2D eigenvalue weighted by molar-refractivity contribution is 5.44. The lowest BCUT2D eigenvalue weighted by Gasteiger charge is -2.25. The average molecular weight is 423 g/mol. The Balaban J connectivity index is 1.21. The van der Waals surface area contributed by atoms with E-state index in [1.54, 1.807) is 7.11 Å². The van der Waals surface area contributed by atoms with Crippen LogP contribution in [-0.4, -0.2) is 41.9 Å². The van der Waals surface area contributed by atoms with Crippen molar-refractivity contribution >= 4 is 0 Å². The van der Waals surface area contributed by atoms with Crippen LogP contribution in [0.1, 0.15) is 36.2 Å². The van der Waals surface area contributed by atoms with Gasteiger partial charge in [-0.1, -0.05) is 11.2 Å². The summed E-state index contributed by atoms with van der Waals surface area (Å²) in [5, 5.41) is 4.06. The van der Waals surface area contributed by atoms with Crippen molar-refractivity contribution < 1.29 is 23.5 Å². The van der Waals surface area contributed by atoms with E-state index in [1.807, 2.05) is 30.3 Å². The summed E-state index contributed by atoms with van der Waals surface area (Å²) in [6, 6.07) is 13.9. The molecule has 2 aliphatic heterocycles. The van der Waals surface area contributed by atoms with Gasteiger partial charge < -0.3 is 23.5 Å². The third-order valence-corrected chi connectivity index (χ3v) is 5.59. The summed E-state index contributed by atoms with van der Waals surface area (Å²) in [6.07, 6.45) is 2.21. The Morgan fingerprint density at radius 1 is 1.03 bits per heavy atom. The third-order valence-electron chi connectivity index (χ3n) is 5.59. The minimum Gasteiger partial charge on any atom is -0.497 e. The van der Waals surface area contributed by atoms with E-state index < -0.39 is 0 Å². The van der Waals surface area contributed by atoms with Gasteiger partial charge >= 0.3 is 0 Å². The fourth-order valence-electron chi connectivity index (χ4n) is 4.07. The van der Waals surface area contributed by atoms with E-state index in [-0.39, 0.29) is 6.61 Å². The molecule has 8 heteroatoms. The fraction of sp³-hybridized carbons (Fsp3) is 0.391. The Morgan fingerprint density at radius 3 is 2.68 bits per heavy atom. The molecule has 0 saturated carbocycles. The lowest BCUT2D eigenvalue weighted by molar-refractivity contribution is 0.170. The molecule has 3 heterocycles. The van der Waals surface area contributed by atoms with Crippen LogP contribution < -0.4 is 18.9 Å². The number of hydrogen-bond donors (Lipinski definition) is 0. The highest BCUT2D eigenvalue weighted by atomic mass is 16.6. The molecule has 8 nitrogen and oxygen atoms in total. The van der Waals surface area contributed by atoms with Crippen molar-refractivity contribution in [2.24, 2.45) is 0 Å². The van der Waals surface area contributed by atoms with Gasteiger partial charge in [0.25, 0.3) is 0 Å². The maximum atomic E-state index is 5.75. The molecule has 3 aromatic rings. The molecule has 0 N–H and O–H groups in total. The van der Waals surface area contributed by atoms with Gasteiger partial charge in [-0.15, -0.1) is 0 Å². The number of ether oxygens (including phenoxy) is 4. The molecule has 0 bridgehead atoms. The molecule has 31 heavy (non-hydrogen) atoms. The van der Waals surface area contributed by atoms with E-state index in [1.165, 1.54) is 5.56 Å².